The van der Waals surface area contributed by atoms with E-state index in [1.807, 2.05) is 53.9 Å². The molecule has 1 amide bonds. The quantitative estimate of drug-likeness (QED) is 0.853. The molecule has 2 heterocycles. The van der Waals surface area contributed by atoms with Crippen molar-refractivity contribution < 1.29 is 9.53 Å². The van der Waals surface area contributed by atoms with Crippen LogP contribution in [0.1, 0.15) is 31.9 Å². The molecule has 0 saturated heterocycles. The molecular weight excluding hydrogens is 290 g/mol. The van der Waals surface area contributed by atoms with Gasteiger partial charge in [0.05, 0.1) is 6.04 Å². The van der Waals surface area contributed by atoms with Crippen LogP contribution in [0.15, 0.2) is 42.7 Å². The molecule has 0 saturated carbocycles. The summed E-state index contributed by atoms with van der Waals surface area (Å²) in [7, 11) is 0. The molecule has 1 aromatic heterocycles. The molecule has 0 radical (unpaired) electrons. The fourth-order valence-electron chi connectivity index (χ4n) is 3.20. The van der Waals surface area contributed by atoms with Gasteiger partial charge in [0.2, 0.25) is 0 Å². The molecule has 5 nitrogen and oxygen atoms in total. The van der Waals surface area contributed by atoms with Crippen molar-refractivity contribution in [3.63, 3.8) is 0 Å². The normalized spacial score (nSPS) is 18.5. The first-order valence-corrected chi connectivity index (χ1v) is 8.24. The fourth-order valence-corrected chi connectivity index (χ4v) is 3.20. The van der Waals surface area contributed by atoms with Gasteiger partial charge in [-0.05, 0) is 37.5 Å². The molecule has 0 aliphatic carbocycles. The Labute approximate surface area is 136 Å². The van der Waals surface area contributed by atoms with E-state index in [-0.39, 0.29) is 18.1 Å². The second-order valence-electron chi connectivity index (χ2n) is 5.77. The van der Waals surface area contributed by atoms with Crippen LogP contribution in [-0.4, -0.2) is 34.9 Å². The highest BCUT2D eigenvalue weighted by molar-refractivity contribution is 5.97. The highest BCUT2D eigenvalue weighted by Crippen LogP contribution is 2.32. The lowest BCUT2D eigenvalue weighted by atomic mass is 9.97. The SMILES string of the molecule is CCOC(CC)C(=O)N1CC(n2cccn2)Cc2ccccc21. The van der Waals surface area contributed by atoms with Gasteiger partial charge in [-0.3, -0.25) is 9.48 Å². The third-order valence-corrected chi connectivity index (χ3v) is 4.31. The first-order valence-electron chi connectivity index (χ1n) is 8.24. The van der Waals surface area contributed by atoms with Gasteiger partial charge in [-0.2, -0.15) is 5.10 Å². The maximum atomic E-state index is 13.0. The topological polar surface area (TPSA) is 47.4 Å². The van der Waals surface area contributed by atoms with E-state index in [0.717, 1.165) is 12.1 Å². The van der Waals surface area contributed by atoms with E-state index in [2.05, 4.69) is 11.2 Å². The summed E-state index contributed by atoms with van der Waals surface area (Å²) in [4.78, 5) is 14.8. The second kappa shape index (κ2) is 6.96. The van der Waals surface area contributed by atoms with Crippen LogP contribution in [0.5, 0.6) is 0 Å². The molecule has 122 valence electrons. The number of carbonyl (C=O) groups is 1. The van der Waals surface area contributed by atoms with Gasteiger partial charge < -0.3 is 9.64 Å². The van der Waals surface area contributed by atoms with E-state index in [0.29, 0.717) is 19.6 Å². The van der Waals surface area contributed by atoms with Crippen molar-refractivity contribution in [1.29, 1.82) is 0 Å². The van der Waals surface area contributed by atoms with E-state index < -0.39 is 0 Å². The number of carbonyl (C=O) groups excluding carboxylic acids is 1. The number of hydrogen-bond donors (Lipinski definition) is 0. The van der Waals surface area contributed by atoms with Crippen molar-refractivity contribution in [2.45, 2.75) is 38.8 Å². The minimum absolute atomic E-state index is 0.0404. The molecular formula is C18H23N3O2. The average molecular weight is 313 g/mol. The first kappa shape index (κ1) is 15.7. The number of anilines is 1. The van der Waals surface area contributed by atoms with Crippen molar-refractivity contribution in [2.24, 2.45) is 0 Å². The van der Waals surface area contributed by atoms with Crippen LogP contribution in [-0.2, 0) is 16.0 Å². The third-order valence-electron chi connectivity index (χ3n) is 4.31. The summed E-state index contributed by atoms with van der Waals surface area (Å²) in [6.45, 7) is 5.08. The number of para-hydroxylation sites is 1. The molecule has 2 unspecified atom stereocenters. The number of benzene rings is 1. The first-order chi connectivity index (χ1) is 11.2. The lowest BCUT2D eigenvalue weighted by molar-refractivity contribution is -0.130. The van der Waals surface area contributed by atoms with Crippen molar-refractivity contribution in [3.8, 4) is 0 Å². The molecule has 1 aliphatic rings. The largest absolute Gasteiger partial charge is 0.369 e. The van der Waals surface area contributed by atoms with Crippen LogP contribution in [0.2, 0.25) is 0 Å². The molecule has 23 heavy (non-hydrogen) atoms. The van der Waals surface area contributed by atoms with Crippen molar-refractivity contribution >= 4 is 11.6 Å². The molecule has 2 aromatic rings. The summed E-state index contributed by atoms with van der Waals surface area (Å²) in [6.07, 6.45) is 4.91. The number of hydrogen-bond acceptors (Lipinski definition) is 3. The molecule has 3 rings (SSSR count). The van der Waals surface area contributed by atoms with Crippen molar-refractivity contribution in [2.75, 3.05) is 18.1 Å². The van der Waals surface area contributed by atoms with Gasteiger partial charge in [0.25, 0.3) is 5.91 Å². The van der Waals surface area contributed by atoms with Crippen LogP contribution in [0.3, 0.4) is 0 Å². The fraction of sp³-hybridized carbons (Fsp3) is 0.444. The number of amides is 1. The molecule has 0 spiro atoms. The molecule has 1 aliphatic heterocycles. The summed E-state index contributed by atoms with van der Waals surface area (Å²) in [5.74, 6) is 0.0404. The van der Waals surface area contributed by atoms with Gasteiger partial charge in [0, 0.05) is 31.2 Å². The summed E-state index contributed by atoms with van der Waals surface area (Å²) in [6, 6.07) is 10.2. The van der Waals surface area contributed by atoms with Gasteiger partial charge in [-0.25, -0.2) is 0 Å². The van der Waals surface area contributed by atoms with Crippen LogP contribution >= 0.6 is 0 Å². The number of ether oxygens (including phenoxy) is 1. The molecule has 0 bridgehead atoms. The number of fused-ring (bicyclic) bond motifs is 1. The molecule has 0 N–H and O–H groups in total. The summed E-state index contributed by atoms with van der Waals surface area (Å²) < 4.78 is 7.58. The lowest BCUT2D eigenvalue weighted by Gasteiger charge is -2.36. The molecule has 2 atom stereocenters. The Morgan fingerprint density at radius 2 is 2.17 bits per heavy atom. The third kappa shape index (κ3) is 3.15. The standard InChI is InChI=1S/C18H23N3O2/c1-3-17(23-4-2)18(22)20-13-15(21-11-7-10-19-21)12-14-8-5-6-9-16(14)20/h5-11,15,17H,3-4,12-13H2,1-2H3. The minimum Gasteiger partial charge on any atom is -0.369 e. The number of rotatable bonds is 5. The van der Waals surface area contributed by atoms with Crippen LogP contribution in [0.25, 0.3) is 0 Å². The van der Waals surface area contributed by atoms with Gasteiger partial charge in [0.1, 0.15) is 6.10 Å². The lowest BCUT2D eigenvalue weighted by Crippen LogP contribution is -2.46. The predicted molar refractivity (Wildman–Crippen MR) is 89.5 cm³/mol. The summed E-state index contributed by atoms with van der Waals surface area (Å²) in [5, 5.41) is 4.36. The maximum Gasteiger partial charge on any atom is 0.256 e. The van der Waals surface area contributed by atoms with E-state index in [9.17, 15) is 4.79 Å². The number of nitrogens with zero attached hydrogens (tertiary/aromatic N) is 3. The van der Waals surface area contributed by atoms with Crippen molar-refractivity contribution in [1.82, 2.24) is 9.78 Å². The van der Waals surface area contributed by atoms with E-state index in [1.165, 1.54) is 5.56 Å². The Kier molecular flexibility index (Phi) is 4.76. The zero-order valence-corrected chi connectivity index (χ0v) is 13.7. The summed E-state index contributed by atoms with van der Waals surface area (Å²) in [5.41, 5.74) is 2.18. The van der Waals surface area contributed by atoms with Gasteiger partial charge in [-0.1, -0.05) is 25.1 Å². The Hall–Kier alpha value is -2.14. The molecule has 5 heteroatoms. The van der Waals surface area contributed by atoms with E-state index in [4.69, 9.17) is 4.74 Å². The summed E-state index contributed by atoms with van der Waals surface area (Å²) >= 11 is 0. The Bertz CT molecular complexity index is 654. The minimum atomic E-state index is -0.385. The molecule has 1 aromatic carbocycles. The number of aromatic nitrogens is 2. The van der Waals surface area contributed by atoms with Crippen molar-refractivity contribution in [3.05, 3.63) is 48.3 Å². The zero-order valence-electron chi connectivity index (χ0n) is 13.7. The Balaban J connectivity index is 1.92. The van der Waals surface area contributed by atoms with Gasteiger partial charge in [-0.15, -0.1) is 0 Å². The highest BCUT2D eigenvalue weighted by atomic mass is 16.5. The average Bonchev–Trinajstić information content (AvgIpc) is 3.12. The van der Waals surface area contributed by atoms with Crippen LogP contribution in [0.4, 0.5) is 5.69 Å². The van der Waals surface area contributed by atoms with Crippen LogP contribution in [0, 0.1) is 0 Å². The Morgan fingerprint density at radius 1 is 1.35 bits per heavy atom. The predicted octanol–water partition coefficient (Wildman–Crippen LogP) is 2.83. The van der Waals surface area contributed by atoms with Gasteiger partial charge >= 0.3 is 0 Å². The van der Waals surface area contributed by atoms with Crippen LogP contribution < -0.4 is 4.90 Å². The Morgan fingerprint density at radius 3 is 2.87 bits per heavy atom. The zero-order chi connectivity index (χ0) is 16.2. The van der Waals surface area contributed by atoms with Gasteiger partial charge in [0.15, 0.2) is 0 Å². The monoisotopic (exact) mass is 313 g/mol. The van der Waals surface area contributed by atoms with E-state index in [1.54, 1.807) is 6.20 Å². The smallest absolute Gasteiger partial charge is 0.256 e. The molecule has 0 fully saturated rings. The van der Waals surface area contributed by atoms with E-state index >= 15 is 0 Å². The second-order valence-corrected chi connectivity index (χ2v) is 5.77. The highest BCUT2D eigenvalue weighted by Gasteiger charge is 2.32. The maximum absolute atomic E-state index is 13.0.